The monoisotopic (exact) mass is 348 g/mol. The molecule has 1 amide bonds. The zero-order valence-electron chi connectivity index (χ0n) is 15.8. The van der Waals surface area contributed by atoms with Crippen LogP contribution in [-0.4, -0.2) is 46.7 Å². The summed E-state index contributed by atoms with van der Waals surface area (Å²) in [5, 5.41) is 0. The van der Waals surface area contributed by atoms with E-state index in [1.807, 2.05) is 0 Å². The van der Waals surface area contributed by atoms with Crippen LogP contribution in [0, 0.1) is 13.8 Å². The van der Waals surface area contributed by atoms with Gasteiger partial charge in [0, 0.05) is 24.2 Å². The van der Waals surface area contributed by atoms with Crippen LogP contribution in [0.15, 0.2) is 0 Å². The maximum Gasteiger partial charge on any atom is 0.354 e. The van der Waals surface area contributed by atoms with Gasteiger partial charge in [-0.15, -0.1) is 0 Å². The molecule has 1 saturated carbocycles. The number of aromatic amines is 1. The van der Waals surface area contributed by atoms with E-state index in [0.717, 1.165) is 25.7 Å². The number of methoxy groups -OCH3 is 1. The average Bonchev–Trinajstić information content (AvgIpc) is 2.88. The molecule has 0 saturated heterocycles. The number of ether oxygens (including phenoxy) is 1. The maximum atomic E-state index is 13.1. The van der Waals surface area contributed by atoms with E-state index in [2.05, 4.69) is 4.98 Å². The predicted molar refractivity (Wildman–Crippen MR) is 94.8 cm³/mol. The van der Waals surface area contributed by atoms with Crippen molar-refractivity contribution in [3.05, 3.63) is 22.5 Å². The third-order valence-corrected chi connectivity index (χ3v) is 5.20. The van der Waals surface area contributed by atoms with Crippen molar-refractivity contribution >= 4 is 17.7 Å². The smallest absolute Gasteiger partial charge is 0.354 e. The zero-order chi connectivity index (χ0) is 18.7. The molecule has 1 fully saturated rings. The molecule has 0 spiro atoms. The van der Waals surface area contributed by atoms with Crippen LogP contribution in [0.1, 0.15) is 78.1 Å². The van der Waals surface area contributed by atoms with E-state index in [-0.39, 0.29) is 17.7 Å². The highest BCUT2D eigenvalue weighted by molar-refractivity contribution is 6.06. The van der Waals surface area contributed by atoms with E-state index >= 15 is 0 Å². The number of Topliss-reactive ketones (excluding diaryl/α,β-unsaturated/α-hetero) is 1. The number of rotatable bonds is 5. The molecule has 6 nitrogen and oxygen atoms in total. The van der Waals surface area contributed by atoms with Crippen molar-refractivity contribution < 1.29 is 19.1 Å². The number of carbonyl (C=O) groups excluding carboxylic acids is 3. The second kappa shape index (κ2) is 7.85. The van der Waals surface area contributed by atoms with Crippen molar-refractivity contribution in [3.63, 3.8) is 0 Å². The Morgan fingerprint density at radius 2 is 1.76 bits per heavy atom. The number of esters is 1. The first-order chi connectivity index (χ1) is 11.8. The lowest BCUT2D eigenvalue weighted by Crippen LogP contribution is -2.49. The van der Waals surface area contributed by atoms with Crippen LogP contribution in [0.5, 0.6) is 0 Å². The van der Waals surface area contributed by atoms with Gasteiger partial charge in [0.2, 0.25) is 5.91 Å². The van der Waals surface area contributed by atoms with Gasteiger partial charge < -0.3 is 14.6 Å². The molecule has 0 aromatic carbocycles. The SMILES string of the molecule is COC(=O)c1[nH]c(C)c(C(=O)C(C)N(C(C)=O)C2CCCCC2)c1C. The molecule has 1 N–H and O–H groups in total. The number of hydrogen-bond acceptors (Lipinski definition) is 4. The fourth-order valence-electron chi connectivity index (χ4n) is 3.97. The molecule has 6 heteroatoms. The molecule has 1 aliphatic rings. The second-order valence-electron chi connectivity index (χ2n) is 6.87. The molecular weight excluding hydrogens is 320 g/mol. The molecule has 25 heavy (non-hydrogen) atoms. The summed E-state index contributed by atoms with van der Waals surface area (Å²) in [7, 11) is 1.31. The highest BCUT2D eigenvalue weighted by atomic mass is 16.5. The van der Waals surface area contributed by atoms with E-state index in [4.69, 9.17) is 4.74 Å². The van der Waals surface area contributed by atoms with Crippen molar-refractivity contribution in [2.75, 3.05) is 7.11 Å². The minimum Gasteiger partial charge on any atom is -0.464 e. The van der Waals surface area contributed by atoms with Crippen LogP contribution in [0.25, 0.3) is 0 Å². The normalized spacial score (nSPS) is 16.4. The maximum absolute atomic E-state index is 13.1. The minimum atomic E-state index is -0.556. The van der Waals surface area contributed by atoms with E-state index < -0.39 is 12.0 Å². The van der Waals surface area contributed by atoms with Gasteiger partial charge in [0.25, 0.3) is 0 Å². The topological polar surface area (TPSA) is 79.5 Å². The summed E-state index contributed by atoms with van der Waals surface area (Å²) in [5.41, 5.74) is 1.98. The standard InChI is InChI=1S/C19H28N2O4/c1-11-16(12(2)20-17(11)19(24)25-5)18(23)13(3)21(14(4)22)15-9-7-6-8-10-15/h13,15,20H,6-10H2,1-5H3. The molecule has 1 aromatic rings. The number of carbonyl (C=O) groups is 3. The summed E-state index contributed by atoms with van der Waals surface area (Å²) in [6, 6.07) is -0.441. The quantitative estimate of drug-likeness (QED) is 0.655. The van der Waals surface area contributed by atoms with Gasteiger partial charge in [0.15, 0.2) is 5.78 Å². The van der Waals surface area contributed by atoms with Gasteiger partial charge >= 0.3 is 5.97 Å². The molecule has 0 radical (unpaired) electrons. The van der Waals surface area contributed by atoms with Crippen LogP contribution in [-0.2, 0) is 9.53 Å². The van der Waals surface area contributed by atoms with E-state index in [0.29, 0.717) is 22.5 Å². The zero-order valence-corrected chi connectivity index (χ0v) is 15.8. The van der Waals surface area contributed by atoms with Gasteiger partial charge in [-0.3, -0.25) is 9.59 Å². The molecule has 1 unspecified atom stereocenters. The molecule has 1 aromatic heterocycles. The Kier molecular flexibility index (Phi) is 6.03. The van der Waals surface area contributed by atoms with Crippen molar-refractivity contribution in [1.29, 1.82) is 0 Å². The Labute approximate surface area is 148 Å². The Balaban J connectivity index is 2.33. The summed E-state index contributed by atoms with van der Waals surface area (Å²) >= 11 is 0. The Morgan fingerprint density at radius 1 is 1.16 bits per heavy atom. The van der Waals surface area contributed by atoms with Crippen molar-refractivity contribution in [2.45, 2.75) is 71.9 Å². The number of aromatic nitrogens is 1. The molecule has 0 bridgehead atoms. The molecule has 138 valence electrons. The van der Waals surface area contributed by atoms with Crippen LogP contribution >= 0.6 is 0 Å². The summed E-state index contributed by atoms with van der Waals surface area (Å²) in [4.78, 5) is 41.9. The highest BCUT2D eigenvalue weighted by Gasteiger charge is 2.34. The van der Waals surface area contributed by atoms with Crippen molar-refractivity contribution in [1.82, 2.24) is 9.88 Å². The van der Waals surface area contributed by atoms with Gasteiger partial charge in [-0.05, 0) is 39.2 Å². The molecule has 2 rings (SSSR count). The number of nitrogens with zero attached hydrogens (tertiary/aromatic N) is 1. The summed E-state index contributed by atoms with van der Waals surface area (Å²) in [6.45, 7) is 6.80. The van der Waals surface area contributed by atoms with E-state index in [9.17, 15) is 14.4 Å². The van der Waals surface area contributed by atoms with E-state index in [1.54, 1.807) is 25.7 Å². The largest absolute Gasteiger partial charge is 0.464 e. The Hall–Kier alpha value is -2.11. The van der Waals surface area contributed by atoms with Crippen LogP contribution in [0.4, 0.5) is 0 Å². The van der Waals surface area contributed by atoms with E-state index in [1.165, 1.54) is 20.5 Å². The first kappa shape index (κ1) is 19.2. The number of H-pyrrole nitrogens is 1. The van der Waals surface area contributed by atoms with Gasteiger partial charge in [0.05, 0.1) is 13.2 Å². The molecule has 0 aliphatic heterocycles. The predicted octanol–water partition coefficient (Wildman–Crippen LogP) is 3.17. The van der Waals surface area contributed by atoms with Crippen LogP contribution in [0.2, 0.25) is 0 Å². The molecule has 1 atom stereocenters. The average molecular weight is 348 g/mol. The second-order valence-corrected chi connectivity index (χ2v) is 6.87. The summed E-state index contributed by atoms with van der Waals surface area (Å²) in [5.74, 6) is -0.711. The fourth-order valence-corrected chi connectivity index (χ4v) is 3.97. The minimum absolute atomic E-state index is 0.0771. The van der Waals surface area contributed by atoms with Crippen molar-refractivity contribution in [3.8, 4) is 0 Å². The lowest BCUT2D eigenvalue weighted by atomic mass is 9.91. The van der Waals surface area contributed by atoms with Crippen molar-refractivity contribution in [2.24, 2.45) is 0 Å². The lowest BCUT2D eigenvalue weighted by Gasteiger charge is -2.37. The number of amides is 1. The number of aryl methyl sites for hydroxylation is 1. The van der Waals surface area contributed by atoms with Gasteiger partial charge in [-0.25, -0.2) is 4.79 Å². The molecular formula is C19H28N2O4. The fraction of sp³-hybridized carbons (Fsp3) is 0.632. The third-order valence-electron chi connectivity index (χ3n) is 5.20. The first-order valence-corrected chi connectivity index (χ1v) is 8.90. The third kappa shape index (κ3) is 3.78. The molecule has 1 heterocycles. The highest BCUT2D eigenvalue weighted by Crippen LogP contribution is 2.27. The van der Waals surface area contributed by atoms with Gasteiger partial charge in [-0.2, -0.15) is 0 Å². The Bertz CT molecular complexity index is 671. The number of nitrogens with one attached hydrogen (secondary N) is 1. The number of ketones is 1. The first-order valence-electron chi connectivity index (χ1n) is 8.90. The van der Waals surface area contributed by atoms with Gasteiger partial charge in [0.1, 0.15) is 5.69 Å². The Morgan fingerprint density at radius 3 is 2.28 bits per heavy atom. The van der Waals surface area contributed by atoms with Crippen LogP contribution in [0.3, 0.4) is 0 Å². The summed E-state index contributed by atoms with van der Waals surface area (Å²) in [6.07, 6.45) is 5.24. The van der Waals surface area contributed by atoms with Gasteiger partial charge in [-0.1, -0.05) is 19.3 Å². The summed E-state index contributed by atoms with van der Waals surface area (Å²) < 4.78 is 4.76. The van der Waals surface area contributed by atoms with Crippen LogP contribution < -0.4 is 0 Å². The molecule has 1 aliphatic carbocycles. The lowest BCUT2D eigenvalue weighted by molar-refractivity contribution is -0.133. The number of hydrogen-bond donors (Lipinski definition) is 1.